The lowest BCUT2D eigenvalue weighted by atomic mass is 9.83. The Morgan fingerprint density at radius 1 is 1.33 bits per heavy atom. The number of nitrogens with one attached hydrogen (secondary N) is 1. The monoisotopic (exact) mass is 295 g/mol. The lowest BCUT2D eigenvalue weighted by Crippen LogP contribution is -2.39. The van der Waals surface area contributed by atoms with E-state index in [0.29, 0.717) is 19.4 Å². The van der Waals surface area contributed by atoms with Gasteiger partial charge in [0.15, 0.2) is 0 Å². The Labute approximate surface area is 127 Å². The molecule has 0 aliphatic carbocycles. The Balaban J connectivity index is 2.51. The third-order valence-corrected chi connectivity index (χ3v) is 4.76. The first-order valence-corrected chi connectivity index (χ1v) is 7.75. The molecule has 0 aliphatic heterocycles. The van der Waals surface area contributed by atoms with Gasteiger partial charge in [-0.15, -0.1) is 0 Å². The van der Waals surface area contributed by atoms with Gasteiger partial charge in [-0.3, -0.25) is 9.48 Å². The highest BCUT2D eigenvalue weighted by atomic mass is 16.3. The number of aromatic nitrogens is 2. The minimum atomic E-state index is -0.185. The first kappa shape index (κ1) is 17.7. The maximum Gasteiger partial charge on any atom is 0.220 e. The summed E-state index contributed by atoms with van der Waals surface area (Å²) in [5.74, 6) is 0.0392. The van der Waals surface area contributed by atoms with E-state index in [9.17, 15) is 9.90 Å². The van der Waals surface area contributed by atoms with Crippen LogP contribution in [0.15, 0.2) is 0 Å². The fourth-order valence-electron chi connectivity index (χ4n) is 2.57. The van der Waals surface area contributed by atoms with E-state index in [2.05, 4.69) is 10.4 Å². The number of aryl methyl sites for hydroxylation is 2. The highest BCUT2D eigenvalue weighted by molar-refractivity contribution is 5.76. The predicted molar refractivity (Wildman–Crippen MR) is 84.1 cm³/mol. The van der Waals surface area contributed by atoms with Crippen molar-refractivity contribution in [2.75, 3.05) is 13.2 Å². The van der Waals surface area contributed by atoms with Crippen LogP contribution >= 0.6 is 0 Å². The van der Waals surface area contributed by atoms with E-state index in [1.165, 1.54) is 0 Å². The number of hydrogen-bond donors (Lipinski definition) is 2. The minimum Gasteiger partial charge on any atom is -0.396 e. The molecule has 0 fully saturated rings. The summed E-state index contributed by atoms with van der Waals surface area (Å²) in [5, 5.41) is 16.8. The summed E-state index contributed by atoms with van der Waals surface area (Å²) in [6, 6.07) is 0. The first-order chi connectivity index (χ1) is 9.89. The molecule has 0 radical (unpaired) electrons. The van der Waals surface area contributed by atoms with Gasteiger partial charge in [-0.25, -0.2) is 0 Å². The average Bonchev–Trinajstić information content (AvgIpc) is 2.72. The summed E-state index contributed by atoms with van der Waals surface area (Å²) in [6.45, 7) is 8.76. The molecule has 0 atom stereocenters. The van der Waals surface area contributed by atoms with Crippen LogP contribution in [0.2, 0.25) is 0 Å². The summed E-state index contributed by atoms with van der Waals surface area (Å²) >= 11 is 0. The maximum atomic E-state index is 12.0. The van der Waals surface area contributed by atoms with E-state index in [4.69, 9.17) is 0 Å². The highest BCUT2D eigenvalue weighted by Crippen LogP contribution is 2.24. The van der Waals surface area contributed by atoms with Gasteiger partial charge in [0.25, 0.3) is 0 Å². The van der Waals surface area contributed by atoms with Gasteiger partial charge in [-0.05, 0) is 38.7 Å². The van der Waals surface area contributed by atoms with Crippen LogP contribution in [0.4, 0.5) is 0 Å². The molecule has 0 saturated carbocycles. The Bertz CT molecular complexity index is 468. The first-order valence-electron chi connectivity index (χ1n) is 7.75. The van der Waals surface area contributed by atoms with Crippen molar-refractivity contribution < 1.29 is 9.90 Å². The molecular formula is C16H29N3O2. The Hall–Kier alpha value is -1.36. The molecule has 2 N–H and O–H groups in total. The summed E-state index contributed by atoms with van der Waals surface area (Å²) in [4.78, 5) is 12.0. The van der Waals surface area contributed by atoms with Gasteiger partial charge in [-0.1, -0.05) is 13.8 Å². The summed E-state index contributed by atoms with van der Waals surface area (Å²) in [5.41, 5.74) is 3.09. The van der Waals surface area contributed by atoms with Crippen LogP contribution in [0.5, 0.6) is 0 Å². The highest BCUT2D eigenvalue weighted by Gasteiger charge is 2.25. The standard InChI is InChI=1S/C16H29N3O2/c1-6-16(7-2,11-20)10-17-15(21)9-8-14-12(3)18-19(5)13(14)4/h20H,6-11H2,1-5H3,(H,17,21). The van der Waals surface area contributed by atoms with E-state index < -0.39 is 0 Å². The van der Waals surface area contributed by atoms with Crippen LogP contribution in [0.1, 0.15) is 50.1 Å². The molecule has 0 unspecified atom stereocenters. The number of aliphatic hydroxyl groups is 1. The van der Waals surface area contributed by atoms with E-state index in [1.54, 1.807) is 0 Å². The number of carbonyl (C=O) groups is 1. The molecule has 0 saturated heterocycles. The molecule has 21 heavy (non-hydrogen) atoms. The second-order valence-electron chi connectivity index (χ2n) is 5.91. The van der Waals surface area contributed by atoms with E-state index in [1.807, 2.05) is 39.4 Å². The number of amides is 1. The molecule has 5 heteroatoms. The Morgan fingerprint density at radius 2 is 1.95 bits per heavy atom. The normalized spacial score (nSPS) is 11.7. The molecule has 1 aromatic rings. The molecule has 0 aromatic carbocycles. The van der Waals surface area contributed by atoms with Crippen LogP contribution in [-0.4, -0.2) is 33.9 Å². The molecule has 0 spiro atoms. The number of carbonyl (C=O) groups excluding carboxylic acids is 1. The maximum absolute atomic E-state index is 12.0. The lowest BCUT2D eigenvalue weighted by molar-refractivity contribution is -0.121. The quantitative estimate of drug-likeness (QED) is 0.769. The largest absolute Gasteiger partial charge is 0.396 e. The molecule has 1 heterocycles. The van der Waals surface area contributed by atoms with E-state index in [-0.39, 0.29) is 17.9 Å². The molecule has 0 bridgehead atoms. The average molecular weight is 295 g/mol. The zero-order chi connectivity index (χ0) is 16.0. The van der Waals surface area contributed by atoms with Crippen LogP contribution in [0.3, 0.4) is 0 Å². The minimum absolute atomic E-state index is 0.0392. The fourth-order valence-corrected chi connectivity index (χ4v) is 2.57. The Kier molecular flexibility index (Phi) is 6.40. The Morgan fingerprint density at radius 3 is 2.38 bits per heavy atom. The van der Waals surface area contributed by atoms with Crippen LogP contribution in [0, 0.1) is 19.3 Å². The molecule has 120 valence electrons. The summed E-state index contributed by atoms with van der Waals surface area (Å²) in [7, 11) is 1.92. The van der Waals surface area contributed by atoms with Crippen molar-refractivity contribution in [2.45, 2.75) is 53.4 Å². The van der Waals surface area contributed by atoms with Gasteiger partial charge < -0.3 is 10.4 Å². The molecule has 1 amide bonds. The number of rotatable bonds is 8. The zero-order valence-corrected chi connectivity index (χ0v) is 14.0. The van der Waals surface area contributed by atoms with Crippen molar-refractivity contribution in [3.63, 3.8) is 0 Å². The predicted octanol–water partition coefficient (Wildman–Crippen LogP) is 1.88. The van der Waals surface area contributed by atoms with Crippen molar-refractivity contribution in [2.24, 2.45) is 12.5 Å². The van der Waals surface area contributed by atoms with Crippen LogP contribution < -0.4 is 5.32 Å². The fraction of sp³-hybridized carbons (Fsp3) is 0.750. The molecular weight excluding hydrogens is 266 g/mol. The van der Waals surface area contributed by atoms with Crippen molar-refractivity contribution in [1.29, 1.82) is 0 Å². The van der Waals surface area contributed by atoms with Gasteiger partial charge in [0.1, 0.15) is 0 Å². The van der Waals surface area contributed by atoms with Gasteiger partial charge >= 0.3 is 0 Å². The van der Waals surface area contributed by atoms with Crippen molar-refractivity contribution in [3.8, 4) is 0 Å². The van der Waals surface area contributed by atoms with Crippen molar-refractivity contribution >= 4 is 5.91 Å². The van der Waals surface area contributed by atoms with E-state index in [0.717, 1.165) is 29.8 Å². The van der Waals surface area contributed by atoms with Gasteiger partial charge in [0.2, 0.25) is 5.91 Å². The van der Waals surface area contributed by atoms with Gasteiger partial charge in [0.05, 0.1) is 12.3 Å². The van der Waals surface area contributed by atoms with Crippen LogP contribution in [-0.2, 0) is 18.3 Å². The summed E-state index contributed by atoms with van der Waals surface area (Å²) < 4.78 is 1.85. The topological polar surface area (TPSA) is 67.2 Å². The number of nitrogens with zero attached hydrogens (tertiary/aromatic N) is 2. The third kappa shape index (κ3) is 4.30. The second-order valence-corrected chi connectivity index (χ2v) is 5.91. The van der Waals surface area contributed by atoms with Gasteiger partial charge in [0, 0.05) is 31.1 Å². The van der Waals surface area contributed by atoms with E-state index >= 15 is 0 Å². The lowest BCUT2D eigenvalue weighted by Gasteiger charge is -2.29. The van der Waals surface area contributed by atoms with Crippen molar-refractivity contribution in [3.05, 3.63) is 17.0 Å². The van der Waals surface area contributed by atoms with Crippen molar-refractivity contribution in [1.82, 2.24) is 15.1 Å². The van der Waals surface area contributed by atoms with Crippen LogP contribution in [0.25, 0.3) is 0 Å². The second kappa shape index (κ2) is 7.59. The van der Waals surface area contributed by atoms with Gasteiger partial charge in [-0.2, -0.15) is 5.10 Å². The smallest absolute Gasteiger partial charge is 0.220 e. The molecule has 1 rings (SSSR count). The molecule has 5 nitrogen and oxygen atoms in total. The SMILES string of the molecule is CCC(CC)(CO)CNC(=O)CCc1c(C)nn(C)c1C. The zero-order valence-electron chi connectivity index (χ0n) is 14.0. The molecule has 1 aromatic heterocycles. The summed E-state index contributed by atoms with van der Waals surface area (Å²) in [6.07, 6.45) is 2.90. The third-order valence-electron chi connectivity index (χ3n) is 4.76. The number of aliphatic hydroxyl groups excluding tert-OH is 1. The molecule has 0 aliphatic rings. The number of hydrogen-bond acceptors (Lipinski definition) is 3.